The van der Waals surface area contributed by atoms with Crippen LogP contribution in [0.25, 0.3) is 22.3 Å². The van der Waals surface area contributed by atoms with Gasteiger partial charge in [-0.3, -0.25) is 0 Å². The summed E-state index contributed by atoms with van der Waals surface area (Å²) in [4.78, 5) is 5.38. The Kier molecular flexibility index (Phi) is 10.8. The maximum atomic E-state index is 2.76. The summed E-state index contributed by atoms with van der Waals surface area (Å²) < 4.78 is 0. The highest BCUT2D eigenvalue weighted by Crippen LogP contribution is 2.55. The number of benzene rings is 7. The standard InChI is InChI=1S/C66H75BN2/c1-61(2,3)44-27-30-48(31-28-44)68-55-32-29-45(62(4,5)6)37-53(55)67-54-40-51-52(66(15,16)34-33-65(51,13)14)41-56(54)69(58-39-47(64(10,11)12)38-57(68)59(58)67)60-49(42-23-19-17-20-24-42)35-46(63(7,8)9)36-50(60)43-25-21-18-22-26-43/h17-32,35-41H,33-34H2,1-16H3. The average molecular weight is 907 g/mol. The molecule has 2 nitrogen and oxygen atoms in total. The molecule has 0 N–H and O–H groups in total. The number of rotatable bonds is 4. The van der Waals surface area contributed by atoms with Gasteiger partial charge in [-0.25, -0.2) is 0 Å². The summed E-state index contributed by atoms with van der Waals surface area (Å²) in [5, 5.41) is 0. The van der Waals surface area contributed by atoms with Crippen LogP contribution in [0.4, 0.5) is 34.1 Å². The van der Waals surface area contributed by atoms with Crippen molar-refractivity contribution in [3.8, 4) is 22.3 Å². The zero-order valence-electron chi connectivity index (χ0n) is 44.7. The van der Waals surface area contributed by atoms with Crippen LogP contribution in [0.3, 0.4) is 0 Å². The van der Waals surface area contributed by atoms with E-state index in [0.29, 0.717) is 0 Å². The highest BCUT2D eigenvalue weighted by atomic mass is 15.2. The van der Waals surface area contributed by atoms with Crippen LogP contribution in [0.5, 0.6) is 0 Å². The molecule has 0 fully saturated rings. The maximum absolute atomic E-state index is 2.76. The van der Waals surface area contributed by atoms with Gasteiger partial charge in [0.25, 0.3) is 6.71 Å². The SMILES string of the molecule is CC(C)(C)c1ccc(N2c3ccc(C(C)(C)C)cc3B3c4cc5c(cc4N(c4c(-c6ccccc6)cc(C(C)(C)C)cc4-c4ccccc4)c4cc(C(C)(C)C)cc2c43)C(C)(C)CCC5(C)C)cc1. The molecule has 0 unspecified atom stereocenters. The third-order valence-electron chi connectivity index (χ3n) is 16.1. The molecule has 3 aliphatic rings. The number of hydrogen-bond acceptors (Lipinski definition) is 2. The lowest BCUT2D eigenvalue weighted by atomic mass is 9.32. The molecule has 0 spiro atoms. The minimum atomic E-state index is -0.145. The highest BCUT2D eigenvalue weighted by Gasteiger charge is 2.48. The Hall–Kier alpha value is -5.80. The van der Waals surface area contributed by atoms with Crippen LogP contribution in [-0.2, 0) is 32.5 Å². The van der Waals surface area contributed by atoms with Gasteiger partial charge in [0.1, 0.15) is 0 Å². The highest BCUT2D eigenvalue weighted by molar-refractivity contribution is 7.00. The Balaban J connectivity index is 1.43. The van der Waals surface area contributed by atoms with Crippen LogP contribution < -0.4 is 26.2 Å². The molecule has 0 saturated heterocycles. The molecule has 0 bridgehead atoms. The quantitative estimate of drug-likeness (QED) is 0.162. The first-order chi connectivity index (χ1) is 32.2. The molecule has 0 amide bonds. The van der Waals surface area contributed by atoms with Gasteiger partial charge in [0.05, 0.1) is 5.69 Å². The molecule has 2 aliphatic heterocycles. The van der Waals surface area contributed by atoms with E-state index in [4.69, 9.17) is 0 Å². The Morgan fingerprint density at radius 1 is 0.391 bits per heavy atom. The van der Waals surface area contributed by atoms with Gasteiger partial charge >= 0.3 is 0 Å². The van der Waals surface area contributed by atoms with Crippen molar-refractivity contribution in [3.05, 3.63) is 173 Å². The minimum Gasteiger partial charge on any atom is -0.311 e. The summed E-state index contributed by atoms with van der Waals surface area (Å²) in [6, 6.07) is 54.9. The minimum absolute atomic E-state index is 0.00185. The van der Waals surface area contributed by atoms with E-state index in [-0.39, 0.29) is 39.2 Å². The summed E-state index contributed by atoms with van der Waals surface area (Å²) in [5.74, 6) is 0. The maximum Gasteiger partial charge on any atom is 0.252 e. The molecule has 7 aromatic carbocycles. The Labute approximate surface area is 416 Å². The molecule has 0 atom stereocenters. The number of anilines is 6. The van der Waals surface area contributed by atoms with E-state index in [0.717, 1.165) is 12.8 Å². The first kappa shape index (κ1) is 46.9. The van der Waals surface area contributed by atoms with Crippen molar-refractivity contribution in [1.29, 1.82) is 0 Å². The molecule has 0 radical (unpaired) electrons. The lowest BCUT2D eigenvalue weighted by Crippen LogP contribution is -2.62. The molecule has 1 aliphatic carbocycles. The lowest BCUT2D eigenvalue weighted by Gasteiger charge is -2.48. The van der Waals surface area contributed by atoms with Crippen molar-refractivity contribution in [2.45, 2.75) is 156 Å². The monoisotopic (exact) mass is 907 g/mol. The molecule has 7 aromatic rings. The van der Waals surface area contributed by atoms with Gasteiger partial charge in [-0.05, 0) is 155 Å². The average Bonchev–Trinajstić information content (AvgIpc) is 3.29. The van der Waals surface area contributed by atoms with E-state index in [9.17, 15) is 0 Å². The predicted molar refractivity (Wildman–Crippen MR) is 301 cm³/mol. The van der Waals surface area contributed by atoms with E-state index < -0.39 is 0 Å². The molecule has 69 heavy (non-hydrogen) atoms. The fourth-order valence-electron chi connectivity index (χ4n) is 11.6. The third kappa shape index (κ3) is 7.97. The third-order valence-corrected chi connectivity index (χ3v) is 16.1. The van der Waals surface area contributed by atoms with Gasteiger partial charge in [-0.1, -0.05) is 202 Å². The number of hydrogen-bond donors (Lipinski definition) is 0. The van der Waals surface area contributed by atoms with E-state index in [2.05, 4.69) is 260 Å². The normalized spacial score (nSPS) is 16.1. The molecular formula is C66H75BN2. The Morgan fingerprint density at radius 3 is 1.32 bits per heavy atom. The van der Waals surface area contributed by atoms with Crippen molar-refractivity contribution >= 4 is 57.2 Å². The summed E-state index contributed by atoms with van der Waals surface area (Å²) >= 11 is 0. The summed E-state index contributed by atoms with van der Waals surface area (Å²) in [6.45, 7) is 38.2. The van der Waals surface area contributed by atoms with Gasteiger partial charge in [0.2, 0.25) is 0 Å². The number of nitrogens with zero attached hydrogens (tertiary/aromatic N) is 2. The first-order valence-corrected chi connectivity index (χ1v) is 25.8. The van der Waals surface area contributed by atoms with Crippen molar-refractivity contribution in [3.63, 3.8) is 0 Å². The van der Waals surface area contributed by atoms with Crippen LogP contribution in [-0.4, -0.2) is 6.71 Å². The Bertz CT molecular complexity index is 3060. The predicted octanol–water partition coefficient (Wildman–Crippen LogP) is 16.6. The molecule has 3 heteroatoms. The van der Waals surface area contributed by atoms with Gasteiger partial charge < -0.3 is 9.80 Å². The summed E-state index contributed by atoms with van der Waals surface area (Å²) in [5.41, 5.74) is 24.7. The summed E-state index contributed by atoms with van der Waals surface area (Å²) in [6.07, 6.45) is 2.31. The van der Waals surface area contributed by atoms with Crippen molar-refractivity contribution in [1.82, 2.24) is 0 Å². The fourth-order valence-corrected chi connectivity index (χ4v) is 11.6. The van der Waals surface area contributed by atoms with Crippen LogP contribution in [0, 0.1) is 0 Å². The largest absolute Gasteiger partial charge is 0.311 e. The molecule has 352 valence electrons. The molecule has 0 aromatic heterocycles. The number of fused-ring (bicyclic) bond motifs is 5. The van der Waals surface area contributed by atoms with Gasteiger partial charge in [0.15, 0.2) is 0 Å². The summed E-state index contributed by atoms with van der Waals surface area (Å²) in [7, 11) is 0. The van der Waals surface area contributed by atoms with Crippen LogP contribution in [0.15, 0.2) is 140 Å². The zero-order valence-corrected chi connectivity index (χ0v) is 44.7. The van der Waals surface area contributed by atoms with Gasteiger partial charge in [-0.2, -0.15) is 0 Å². The molecular weight excluding hydrogens is 832 g/mol. The van der Waals surface area contributed by atoms with E-state index >= 15 is 0 Å². The van der Waals surface area contributed by atoms with Crippen molar-refractivity contribution < 1.29 is 0 Å². The Morgan fingerprint density at radius 2 is 0.826 bits per heavy atom. The topological polar surface area (TPSA) is 6.48 Å². The van der Waals surface area contributed by atoms with Crippen LogP contribution >= 0.6 is 0 Å². The molecule has 0 saturated carbocycles. The van der Waals surface area contributed by atoms with E-state index in [1.165, 1.54) is 106 Å². The van der Waals surface area contributed by atoms with Gasteiger partial charge in [-0.15, -0.1) is 0 Å². The fraction of sp³-hybridized carbons (Fsp3) is 0.364. The molecule has 10 rings (SSSR count). The van der Waals surface area contributed by atoms with Crippen molar-refractivity contribution in [2.24, 2.45) is 0 Å². The second-order valence-electron chi connectivity index (χ2n) is 26.2. The van der Waals surface area contributed by atoms with Crippen LogP contribution in [0.2, 0.25) is 0 Å². The van der Waals surface area contributed by atoms with E-state index in [1.54, 1.807) is 0 Å². The second kappa shape index (κ2) is 15.9. The van der Waals surface area contributed by atoms with E-state index in [1.807, 2.05) is 0 Å². The van der Waals surface area contributed by atoms with Crippen LogP contribution in [0.1, 0.15) is 157 Å². The first-order valence-electron chi connectivity index (χ1n) is 25.8. The molecule has 2 heterocycles. The van der Waals surface area contributed by atoms with Crippen molar-refractivity contribution in [2.75, 3.05) is 9.80 Å². The second-order valence-corrected chi connectivity index (χ2v) is 26.2. The lowest BCUT2D eigenvalue weighted by molar-refractivity contribution is 0.332. The zero-order chi connectivity index (χ0) is 49.4. The van der Waals surface area contributed by atoms with Gasteiger partial charge in [0, 0.05) is 39.6 Å². The smallest absolute Gasteiger partial charge is 0.252 e.